The second-order valence-electron chi connectivity index (χ2n) is 40.7. The molecule has 3 saturated heterocycles. The van der Waals surface area contributed by atoms with Gasteiger partial charge in [0.05, 0.1) is 43.9 Å². The minimum Gasteiger partial charge on any atom is -0.453 e. The second kappa shape index (κ2) is 61.7. The number of carbonyl (C=O) groups excluding carboxylic acids is 5. The third-order valence-corrected chi connectivity index (χ3v) is 29.7. The number of aryl methyl sites for hydroxylation is 5. The number of rotatable bonds is 62. The van der Waals surface area contributed by atoms with Crippen LogP contribution in [0.5, 0.6) is 11.5 Å². The van der Waals surface area contributed by atoms with Crippen molar-refractivity contribution in [2.45, 2.75) is 446 Å². The van der Waals surface area contributed by atoms with Crippen molar-refractivity contribution in [1.82, 2.24) is 28.7 Å². The molecule has 0 amide bonds. The number of carbonyl (C=O) groups is 5. The second-order valence-corrected chi connectivity index (χ2v) is 45.5. The maximum atomic E-state index is 16.0. The van der Waals surface area contributed by atoms with E-state index in [4.69, 9.17) is 78.6 Å². The number of halogens is 6. The number of ether oxygens (including phenoxy) is 8. The van der Waals surface area contributed by atoms with Crippen LogP contribution in [0.2, 0.25) is 0 Å². The number of esters is 5. The van der Waals surface area contributed by atoms with Gasteiger partial charge in [0.2, 0.25) is 32.3 Å². The van der Waals surface area contributed by atoms with Crippen LogP contribution in [0.1, 0.15) is 384 Å². The van der Waals surface area contributed by atoms with Crippen molar-refractivity contribution in [3.63, 3.8) is 0 Å². The smallest absolute Gasteiger partial charge is 0.453 e. The molecule has 0 aliphatic carbocycles. The fourth-order valence-corrected chi connectivity index (χ4v) is 20.4. The lowest BCUT2D eigenvalue weighted by Crippen LogP contribution is -2.44. The summed E-state index contributed by atoms with van der Waals surface area (Å²) < 4.78 is 228. The molecule has 43 heteroatoms. The zero-order valence-electron chi connectivity index (χ0n) is 88.8. The molecule has 11 atom stereocenters. The monoisotopic (exact) mass is 2160 g/mol. The van der Waals surface area contributed by atoms with Crippen molar-refractivity contribution < 1.29 is 143 Å². The third-order valence-electron chi connectivity index (χ3n) is 25.7. The van der Waals surface area contributed by atoms with E-state index in [0.29, 0.717) is 79.0 Å². The molecule has 2 unspecified atom stereocenters. The van der Waals surface area contributed by atoms with E-state index in [-0.39, 0.29) is 38.2 Å². The van der Waals surface area contributed by atoms with Gasteiger partial charge in [-0.3, -0.25) is 60.3 Å². The Hall–Kier alpha value is -8.10. The summed E-state index contributed by atoms with van der Waals surface area (Å²) in [5, 5.41) is 0. The van der Waals surface area contributed by atoms with Crippen LogP contribution >= 0.6 is 23.5 Å². The van der Waals surface area contributed by atoms with E-state index in [0.717, 1.165) is 101 Å². The van der Waals surface area contributed by atoms with Crippen LogP contribution in [0.25, 0.3) is 0 Å². The van der Waals surface area contributed by atoms with Gasteiger partial charge in [0.25, 0.3) is 0 Å². The number of unbranched alkanes of at least 4 members (excludes halogenated alkanes) is 35. The van der Waals surface area contributed by atoms with E-state index in [1.807, 2.05) is 13.0 Å². The Balaban J connectivity index is 0.000000271. The molecule has 148 heavy (non-hydrogen) atoms. The predicted molar refractivity (Wildman–Crippen MR) is 539 cm³/mol. The summed E-state index contributed by atoms with van der Waals surface area (Å²) >= 11 is 0. The Bertz CT molecular complexity index is 5260. The van der Waals surface area contributed by atoms with Crippen LogP contribution in [-0.4, -0.2) is 146 Å². The molecule has 34 nitrogen and oxygen atoms in total. The Morgan fingerprint density at radius 3 is 1.02 bits per heavy atom. The van der Waals surface area contributed by atoms with Crippen molar-refractivity contribution in [2.75, 3.05) is 33.4 Å². The molecule has 0 bridgehead atoms. The highest BCUT2D eigenvalue weighted by Gasteiger charge is 2.66. The van der Waals surface area contributed by atoms with Gasteiger partial charge in [0.15, 0.2) is 18.3 Å². The van der Waals surface area contributed by atoms with Crippen LogP contribution in [0.15, 0.2) is 87.6 Å². The summed E-state index contributed by atoms with van der Waals surface area (Å²) in [4.78, 5) is 112. The summed E-state index contributed by atoms with van der Waals surface area (Å²) in [6, 6.07) is 14.6. The van der Waals surface area contributed by atoms with Gasteiger partial charge >= 0.3 is 88.2 Å². The average molecular weight is 2160 g/mol. The lowest BCUT2D eigenvalue weighted by Gasteiger charge is -2.27. The van der Waals surface area contributed by atoms with Crippen LogP contribution in [0.3, 0.4) is 0 Å². The number of alkyl halides is 6. The number of nitrogens with zero attached hydrogens (tertiary/aromatic N) is 6. The number of phosphoric acid groups is 3. The van der Waals surface area contributed by atoms with Crippen molar-refractivity contribution in [2.24, 2.45) is 10.8 Å². The maximum Gasteiger partial charge on any atom is 0.530 e. The van der Waals surface area contributed by atoms with Gasteiger partial charge in [0.1, 0.15) is 29.8 Å². The fourth-order valence-electron chi connectivity index (χ4n) is 17.0. The van der Waals surface area contributed by atoms with Gasteiger partial charge in [-0.1, -0.05) is 276 Å². The summed E-state index contributed by atoms with van der Waals surface area (Å²) in [5.41, 5.74) is -0.978. The van der Waals surface area contributed by atoms with Crippen molar-refractivity contribution >= 4 is 53.3 Å². The number of fused-ring (bicyclic) bond motifs is 2. The third kappa shape index (κ3) is 40.4. The number of benzene rings is 2. The zero-order chi connectivity index (χ0) is 108. The molecule has 5 aromatic rings. The molecular weight excluding hydrogens is 2000 g/mol. The van der Waals surface area contributed by atoms with Crippen LogP contribution in [-0.2, 0) is 120 Å². The quantitative estimate of drug-likeness (QED) is 0.00871. The van der Waals surface area contributed by atoms with Crippen LogP contribution in [0.4, 0.5) is 26.3 Å². The maximum absolute atomic E-state index is 16.0. The van der Waals surface area contributed by atoms with Gasteiger partial charge in [0, 0.05) is 66.1 Å². The average Bonchev–Trinajstić information content (AvgIpc) is 1.61. The number of hydrogen-bond donors (Lipinski definition) is 0. The minimum absolute atomic E-state index is 0.0459. The summed E-state index contributed by atoms with van der Waals surface area (Å²) in [5.74, 6) is -15.1. The van der Waals surface area contributed by atoms with Gasteiger partial charge in [-0.15, -0.1) is 0 Å². The summed E-state index contributed by atoms with van der Waals surface area (Å²) in [6.07, 6.45) is 27.2. The molecule has 5 aliphatic rings. The molecule has 10 rings (SSSR count). The number of para-hydroxylation sites is 1. The molecule has 3 fully saturated rings. The molecule has 2 aromatic carbocycles. The molecule has 834 valence electrons. The Morgan fingerprint density at radius 1 is 0.399 bits per heavy atom. The molecule has 0 N–H and O–H groups in total. The first-order valence-corrected chi connectivity index (χ1v) is 57.2. The molecule has 5 aliphatic heterocycles. The molecule has 3 aromatic heterocycles. The summed E-state index contributed by atoms with van der Waals surface area (Å²) in [6.45, 7) is 19.8. The van der Waals surface area contributed by atoms with Gasteiger partial charge in [-0.25, -0.2) is 37.1 Å². The Labute approximate surface area is 866 Å². The van der Waals surface area contributed by atoms with E-state index in [1.54, 1.807) is 92.6 Å². The first-order valence-electron chi connectivity index (χ1n) is 52.9. The van der Waals surface area contributed by atoms with E-state index in [2.05, 4.69) is 35.7 Å². The number of phosphoric ester groups is 3. The first-order chi connectivity index (χ1) is 70.3. The molecule has 0 saturated carbocycles. The topological polar surface area (TPSA) is 398 Å². The SMILES string of the molecule is CCCCCCCCCCCCC(=O)O[C@@H]1[C@@H](COP(=O)(OCOC(=O)C(C)(C)C)OCOC(=O)C(C)(C)C)O[C@@H](n2ccc(C)nc2=O)C1(F)F.CCCCCCCCCCCCCCCCC(=O)O[C@@H]1[C@@H](COP2(=O)OCc3c(C)cccc3O2)O[C@@H](n2ccc(C)nc2=O)C1(F)F.CCCCCCCCCCCCCCCCC(=O)O[C@@H]1[C@@H](COP2(=O)OCc3cccc(C)c3O2)O[C@@H](n2ccc(C)nc2=O)C1(F)F. The number of aromatic nitrogens is 6. The van der Waals surface area contributed by atoms with Gasteiger partial charge in [-0.2, -0.15) is 41.3 Å². The fraction of sp³-hybridized carbons (Fsp3) is 0.724. The lowest BCUT2D eigenvalue weighted by molar-refractivity contribution is -0.177. The molecule has 0 spiro atoms. The predicted octanol–water partition coefficient (Wildman–Crippen LogP) is 25.4. The Kier molecular flexibility index (Phi) is 52.1. The highest BCUT2D eigenvalue weighted by molar-refractivity contribution is 7.49. The van der Waals surface area contributed by atoms with E-state index >= 15 is 26.3 Å². The van der Waals surface area contributed by atoms with Crippen LogP contribution < -0.4 is 26.1 Å². The van der Waals surface area contributed by atoms with Gasteiger partial charge < -0.3 is 46.9 Å². The van der Waals surface area contributed by atoms with Crippen LogP contribution in [0, 0.1) is 45.4 Å². The largest absolute Gasteiger partial charge is 0.530 e. The molecule has 8 heterocycles. The lowest BCUT2D eigenvalue weighted by atomic mass is 9.98. The normalized spacial score (nSPS) is 21.6. The number of hydrogen-bond acceptors (Lipinski definition) is 31. The minimum atomic E-state index is -4.84. The zero-order valence-corrected chi connectivity index (χ0v) is 91.5. The van der Waals surface area contributed by atoms with Crippen molar-refractivity contribution in [3.8, 4) is 11.5 Å². The van der Waals surface area contributed by atoms with E-state index in [9.17, 15) is 52.1 Å². The highest BCUT2D eigenvalue weighted by atomic mass is 31.2. The Morgan fingerprint density at radius 2 is 0.696 bits per heavy atom. The standard InChI is InChI=1S/C35H57F2N2O12P.2C35H51F2N2O8P/c1-9-10-11-12-13-14-15-16-17-18-19-27(40)51-28-26(50-29(35(28,36)37)39-21-20-25(2)38-32(39)43)22-47-52(44,48-23-45-30(41)33(3,4)5)49-24-46-31(42)34(6,7)8;1-4-5-6-7-8-9-10-11-12-13-14-15-16-17-21-31(40)46-32-30(45-33(35(32,36)37)39-23-22-27(3)38-34(39)41)25-44-48(42)43-24-28-26(2)19-18-20-29(28)47-48;1-4-5-6-7-8-9-10-11-12-13-14-15-16-17-21-30(40)46-32-29(45-33(35(32,36)37)39-23-22-27(3)38-34(39)41)25-44-48(42)43-24-28-20-18-19-26(2)31(28)47-48/h20-21,26,28-29H,9-19,22-24H2,1-8H3;18-20,22-23,30,32-33H,4-17,21,24-25H2,1-3H3;18-20,22-23,29,32-33H,4-17,21,24-25H2,1-3H3/t26-,28-,29-;30-,32-,33-,48?;29-,32-,33-,48?/m111/s1. The van der Waals surface area contributed by atoms with Crippen molar-refractivity contribution in [1.29, 1.82) is 0 Å². The van der Waals surface area contributed by atoms with Gasteiger partial charge in [-0.05, 0) is 131 Å². The highest BCUT2D eigenvalue weighted by Crippen LogP contribution is 2.59. The molecular formula is C105H159F6N6O28P3. The van der Waals surface area contributed by atoms with E-state index in [1.165, 1.54) is 166 Å². The first kappa shape index (κ1) is 125. The van der Waals surface area contributed by atoms with E-state index < -0.39 is 188 Å². The summed E-state index contributed by atoms with van der Waals surface area (Å²) in [7, 11) is -13.3. The molecule has 0 radical (unpaired) electrons. The van der Waals surface area contributed by atoms with Crippen molar-refractivity contribution in [3.05, 3.63) is 144 Å².